The predicted molar refractivity (Wildman–Crippen MR) is 82.1 cm³/mol. The second-order valence-corrected chi connectivity index (χ2v) is 5.52. The monoisotopic (exact) mass is 278 g/mol. The van der Waals surface area contributed by atoms with Gasteiger partial charge in [0.1, 0.15) is 5.75 Å². The maximum Gasteiger partial charge on any atom is 0.238 e. The van der Waals surface area contributed by atoms with Crippen molar-refractivity contribution in [1.82, 2.24) is 4.90 Å². The summed E-state index contributed by atoms with van der Waals surface area (Å²) in [6.07, 6.45) is 0.763. The van der Waals surface area contributed by atoms with E-state index in [0.29, 0.717) is 12.5 Å². The molecule has 0 fully saturated rings. The first-order valence-electron chi connectivity index (χ1n) is 7.04. The van der Waals surface area contributed by atoms with Gasteiger partial charge in [0.05, 0.1) is 13.2 Å². The molecule has 0 spiro atoms. The molecule has 0 aliphatic heterocycles. The third kappa shape index (κ3) is 4.23. The standard InChI is InChI=1S/C16H26N2O2/c1-11(2)13-6-7-15(20-5)14(10-13)8-9-18(4)16(19)12(3)17/h6-7,10-12H,8-9,17H2,1-5H3. The van der Waals surface area contributed by atoms with Gasteiger partial charge in [0.25, 0.3) is 0 Å². The van der Waals surface area contributed by atoms with Crippen molar-refractivity contribution in [2.45, 2.75) is 39.2 Å². The Balaban J connectivity index is 2.80. The van der Waals surface area contributed by atoms with Crippen molar-refractivity contribution in [3.63, 3.8) is 0 Å². The summed E-state index contributed by atoms with van der Waals surface area (Å²) < 4.78 is 5.39. The number of nitrogens with two attached hydrogens (primary N) is 1. The van der Waals surface area contributed by atoms with Crippen LogP contribution in [0.2, 0.25) is 0 Å². The molecule has 0 heterocycles. The van der Waals surface area contributed by atoms with Crippen molar-refractivity contribution in [2.75, 3.05) is 20.7 Å². The molecule has 0 aliphatic carbocycles. The number of carbonyl (C=O) groups is 1. The lowest BCUT2D eigenvalue weighted by Gasteiger charge is -2.20. The van der Waals surface area contributed by atoms with Gasteiger partial charge in [-0.15, -0.1) is 0 Å². The van der Waals surface area contributed by atoms with E-state index in [9.17, 15) is 4.79 Å². The van der Waals surface area contributed by atoms with Gasteiger partial charge >= 0.3 is 0 Å². The molecule has 1 unspecified atom stereocenters. The summed E-state index contributed by atoms with van der Waals surface area (Å²) in [7, 11) is 3.45. The number of hydrogen-bond donors (Lipinski definition) is 1. The minimum absolute atomic E-state index is 0.0380. The molecule has 1 amide bonds. The highest BCUT2D eigenvalue weighted by molar-refractivity contribution is 5.80. The number of ether oxygens (including phenoxy) is 1. The van der Waals surface area contributed by atoms with E-state index < -0.39 is 6.04 Å². The van der Waals surface area contributed by atoms with Crippen molar-refractivity contribution in [3.05, 3.63) is 29.3 Å². The molecule has 0 saturated carbocycles. The fourth-order valence-electron chi connectivity index (χ4n) is 2.10. The van der Waals surface area contributed by atoms with Gasteiger partial charge in [-0.2, -0.15) is 0 Å². The molecule has 0 radical (unpaired) electrons. The number of rotatable bonds is 6. The number of methoxy groups -OCH3 is 1. The summed E-state index contributed by atoms with van der Waals surface area (Å²) in [6, 6.07) is 5.79. The maximum atomic E-state index is 11.8. The van der Waals surface area contributed by atoms with Gasteiger partial charge in [0.15, 0.2) is 0 Å². The lowest BCUT2D eigenvalue weighted by Crippen LogP contribution is -2.40. The van der Waals surface area contributed by atoms with Crippen LogP contribution >= 0.6 is 0 Å². The SMILES string of the molecule is COc1ccc(C(C)C)cc1CCN(C)C(=O)C(C)N. The second-order valence-electron chi connectivity index (χ2n) is 5.52. The first-order chi connectivity index (χ1) is 9.36. The summed E-state index contributed by atoms with van der Waals surface area (Å²) in [5, 5.41) is 0. The van der Waals surface area contributed by atoms with Gasteiger partial charge in [0, 0.05) is 13.6 Å². The molecule has 0 aromatic heterocycles. The highest BCUT2D eigenvalue weighted by Crippen LogP contribution is 2.24. The van der Waals surface area contributed by atoms with Crippen LogP contribution in [0.1, 0.15) is 37.8 Å². The number of nitrogens with zero attached hydrogens (tertiary/aromatic N) is 1. The molecule has 0 bridgehead atoms. The van der Waals surface area contributed by atoms with Crippen LogP contribution in [0.5, 0.6) is 5.75 Å². The third-order valence-corrected chi connectivity index (χ3v) is 3.45. The molecule has 0 saturated heterocycles. The zero-order chi connectivity index (χ0) is 15.3. The van der Waals surface area contributed by atoms with Crippen molar-refractivity contribution < 1.29 is 9.53 Å². The summed E-state index contributed by atoms with van der Waals surface area (Å²) in [4.78, 5) is 13.4. The normalized spacial score (nSPS) is 12.3. The van der Waals surface area contributed by atoms with Crippen molar-refractivity contribution in [2.24, 2.45) is 5.73 Å². The van der Waals surface area contributed by atoms with Gasteiger partial charge in [-0.3, -0.25) is 4.79 Å². The van der Waals surface area contributed by atoms with Gasteiger partial charge in [-0.1, -0.05) is 26.0 Å². The topological polar surface area (TPSA) is 55.6 Å². The van der Waals surface area contributed by atoms with Crippen LogP contribution in [-0.2, 0) is 11.2 Å². The Hall–Kier alpha value is -1.55. The number of benzene rings is 1. The highest BCUT2D eigenvalue weighted by atomic mass is 16.5. The molecule has 1 aromatic rings. The molecular weight excluding hydrogens is 252 g/mol. The van der Waals surface area contributed by atoms with E-state index in [4.69, 9.17) is 10.5 Å². The number of carbonyl (C=O) groups excluding carboxylic acids is 1. The molecule has 20 heavy (non-hydrogen) atoms. The molecule has 4 heteroatoms. The first-order valence-corrected chi connectivity index (χ1v) is 7.04. The Kier molecular flexibility index (Phi) is 6.02. The minimum atomic E-state index is -0.455. The van der Waals surface area contributed by atoms with Gasteiger partial charge in [-0.05, 0) is 36.5 Å². The fourth-order valence-corrected chi connectivity index (χ4v) is 2.10. The molecule has 1 rings (SSSR count). The number of likely N-dealkylation sites (N-methyl/N-ethyl adjacent to an activating group) is 1. The summed E-state index contributed by atoms with van der Waals surface area (Å²) in [6.45, 7) is 6.67. The predicted octanol–water partition coefficient (Wildman–Crippen LogP) is 2.17. The lowest BCUT2D eigenvalue weighted by atomic mass is 9.99. The van der Waals surface area contributed by atoms with Crippen LogP contribution < -0.4 is 10.5 Å². The Bertz CT molecular complexity index is 456. The largest absolute Gasteiger partial charge is 0.496 e. The van der Waals surface area contributed by atoms with E-state index in [2.05, 4.69) is 26.0 Å². The molecule has 2 N–H and O–H groups in total. The second kappa shape index (κ2) is 7.29. The molecule has 1 atom stereocenters. The zero-order valence-electron chi connectivity index (χ0n) is 13.1. The van der Waals surface area contributed by atoms with E-state index in [0.717, 1.165) is 17.7 Å². The smallest absolute Gasteiger partial charge is 0.238 e. The van der Waals surface area contributed by atoms with E-state index in [-0.39, 0.29) is 5.91 Å². The molecule has 0 aliphatic rings. The van der Waals surface area contributed by atoms with Crippen LogP contribution in [0, 0.1) is 0 Å². The Morgan fingerprint density at radius 3 is 2.50 bits per heavy atom. The van der Waals surface area contributed by atoms with Gasteiger partial charge < -0.3 is 15.4 Å². The lowest BCUT2D eigenvalue weighted by molar-refractivity contribution is -0.130. The van der Waals surface area contributed by atoms with Crippen LogP contribution in [0.15, 0.2) is 18.2 Å². The van der Waals surface area contributed by atoms with Crippen molar-refractivity contribution in [3.8, 4) is 5.75 Å². The number of amides is 1. The third-order valence-electron chi connectivity index (χ3n) is 3.45. The van der Waals surface area contributed by atoms with Crippen LogP contribution in [0.25, 0.3) is 0 Å². The Morgan fingerprint density at radius 1 is 1.35 bits per heavy atom. The van der Waals surface area contributed by atoms with Crippen molar-refractivity contribution in [1.29, 1.82) is 0 Å². The summed E-state index contributed by atoms with van der Waals surface area (Å²) in [5.74, 6) is 1.31. The average Bonchev–Trinajstić information content (AvgIpc) is 2.43. The van der Waals surface area contributed by atoms with E-state index >= 15 is 0 Å². The maximum absolute atomic E-state index is 11.8. The summed E-state index contributed by atoms with van der Waals surface area (Å²) >= 11 is 0. The summed E-state index contributed by atoms with van der Waals surface area (Å²) in [5.41, 5.74) is 8.02. The zero-order valence-corrected chi connectivity index (χ0v) is 13.1. The van der Waals surface area contributed by atoms with E-state index in [1.807, 2.05) is 6.07 Å². The molecule has 1 aromatic carbocycles. The van der Waals surface area contributed by atoms with E-state index in [1.165, 1.54) is 5.56 Å². The average molecular weight is 278 g/mol. The molecule has 4 nitrogen and oxygen atoms in total. The molecule has 112 valence electrons. The number of hydrogen-bond acceptors (Lipinski definition) is 3. The van der Waals surface area contributed by atoms with Crippen LogP contribution in [0.3, 0.4) is 0 Å². The van der Waals surface area contributed by atoms with Crippen molar-refractivity contribution >= 4 is 5.91 Å². The minimum Gasteiger partial charge on any atom is -0.496 e. The fraction of sp³-hybridized carbons (Fsp3) is 0.562. The Morgan fingerprint density at radius 2 is 2.00 bits per heavy atom. The molecular formula is C16H26N2O2. The van der Waals surface area contributed by atoms with Crippen LogP contribution in [-0.4, -0.2) is 37.6 Å². The van der Waals surface area contributed by atoms with E-state index in [1.54, 1.807) is 26.0 Å². The Labute approximate surface area is 121 Å². The highest BCUT2D eigenvalue weighted by Gasteiger charge is 2.14. The van der Waals surface area contributed by atoms with Crippen LogP contribution in [0.4, 0.5) is 0 Å². The first kappa shape index (κ1) is 16.5. The van der Waals surface area contributed by atoms with Gasteiger partial charge in [0.2, 0.25) is 5.91 Å². The van der Waals surface area contributed by atoms with Gasteiger partial charge in [-0.25, -0.2) is 0 Å². The quantitative estimate of drug-likeness (QED) is 0.867.